The van der Waals surface area contributed by atoms with E-state index in [1.165, 1.54) is 0 Å². The number of rotatable bonds is 3. The first kappa shape index (κ1) is 17.6. The lowest BCUT2D eigenvalue weighted by Gasteiger charge is -2.33. The van der Waals surface area contributed by atoms with Crippen LogP contribution in [0.25, 0.3) is 11.3 Å². The van der Waals surface area contributed by atoms with E-state index in [0.29, 0.717) is 33.7 Å². The number of halogens is 5. The number of benzene rings is 1. The van der Waals surface area contributed by atoms with Gasteiger partial charge in [0, 0.05) is 18.7 Å². The zero-order valence-corrected chi connectivity index (χ0v) is 14.0. The van der Waals surface area contributed by atoms with Gasteiger partial charge in [-0.25, -0.2) is 0 Å². The molecule has 130 valence electrons. The van der Waals surface area contributed by atoms with Crippen molar-refractivity contribution >= 4 is 23.2 Å². The first-order valence-corrected chi connectivity index (χ1v) is 8.04. The summed E-state index contributed by atoms with van der Waals surface area (Å²) in [6.07, 6.45) is -6.12. The Bertz CT molecular complexity index is 718. The normalized spacial score (nSPS) is 19.6. The van der Waals surface area contributed by atoms with Crippen molar-refractivity contribution in [3.05, 3.63) is 46.1 Å². The largest absolute Gasteiger partial charge is 0.460 e. The lowest BCUT2D eigenvalue weighted by atomic mass is 10.2. The summed E-state index contributed by atoms with van der Waals surface area (Å²) in [5.41, 5.74) is 0.644. The molecular weight excluding hydrogens is 366 g/mol. The van der Waals surface area contributed by atoms with Crippen molar-refractivity contribution in [1.82, 2.24) is 4.90 Å². The van der Waals surface area contributed by atoms with Crippen LogP contribution in [0.3, 0.4) is 0 Å². The molecule has 3 nitrogen and oxygen atoms in total. The van der Waals surface area contributed by atoms with Crippen LogP contribution in [-0.4, -0.2) is 36.9 Å². The second kappa shape index (κ2) is 6.96. The summed E-state index contributed by atoms with van der Waals surface area (Å²) in [4.78, 5) is 1.66. The van der Waals surface area contributed by atoms with Gasteiger partial charge in [0.05, 0.1) is 23.2 Å². The van der Waals surface area contributed by atoms with Crippen LogP contribution >= 0.6 is 23.2 Å². The van der Waals surface area contributed by atoms with E-state index >= 15 is 0 Å². The predicted molar refractivity (Wildman–Crippen MR) is 85.2 cm³/mol. The predicted octanol–water partition coefficient (Wildman–Crippen LogP) is 5.02. The monoisotopic (exact) mass is 379 g/mol. The summed E-state index contributed by atoms with van der Waals surface area (Å²) >= 11 is 12.1. The van der Waals surface area contributed by atoms with Gasteiger partial charge in [0.15, 0.2) is 6.10 Å². The second-order valence-electron chi connectivity index (χ2n) is 5.50. The zero-order chi connectivity index (χ0) is 17.3. The van der Waals surface area contributed by atoms with Crippen LogP contribution in [0.15, 0.2) is 34.7 Å². The molecule has 0 bridgehead atoms. The molecule has 1 aliphatic heterocycles. The molecule has 1 aliphatic rings. The average Bonchev–Trinajstić information content (AvgIpc) is 2.98. The van der Waals surface area contributed by atoms with E-state index < -0.39 is 12.3 Å². The van der Waals surface area contributed by atoms with Crippen molar-refractivity contribution in [3.63, 3.8) is 0 Å². The van der Waals surface area contributed by atoms with Crippen molar-refractivity contribution in [3.8, 4) is 11.3 Å². The van der Waals surface area contributed by atoms with Crippen LogP contribution in [0.1, 0.15) is 5.76 Å². The van der Waals surface area contributed by atoms with Crippen LogP contribution in [0.2, 0.25) is 10.0 Å². The summed E-state index contributed by atoms with van der Waals surface area (Å²) in [7, 11) is 0. The number of hydrogen-bond acceptors (Lipinski definition) is 3. The Balaban J connectivity index is 1.71. The minimum atomic E-state index is -4.36. The molecule has 0 aliphatic carbocycles. The molecule has 0 radical (unpaired) electrons. The van der Waals surface area contributed by atoms with Crippen LogP contribution in [0, 0.1) is 0 Å². The zero-order valence-electron chi connectivity index (χ0n) is 12.4. The molecule has 1 atom stereocenters. The van der Waals surface area contributed by atoms with Crippen molar-refractivity contribution in [2.75, 3.05) is 19.7 Å². The van der Waals surface area contributed by atoms with Gasteiger partial charge in [-0.1, -0.05) is 29.3 Å². The molecular formula is C16H14Cl2F3NO2. The Kier molecular flexibility index (Phi) is 5.11. The van der Waals surface area contributed by atoms with Crippen molar-refractivity contribution in [1.29, 1.82) is 0 Å². The third-order valence-corrected chi connectivity index (χ3v) is 4.59. The first-order chi connectivity index (χ1) is 11.3. The van der Waals surface area contributed by atoms with Crippen molar-refractivity contribution in [2.45, 2.75) is 18.8 Å². The van der Waals surface area contributed by atoms with Crippen molar-refractivity contribution in [2.24, 2.45) is 0 Å². The summed E-state index contributed by atoms with van der Waals surface area (Å²) in [6, 6.07) is 8.65. The fourth-order valence-electron chi connectivity index (χ4n) is 2.57. The molecule has 0 amide bonds. The average molecular weight is 380 g/mol. The van der Waals surface area contributed by atoms with Gasteiger partial charge in [0.2, 0.25) is 0 Å². The summed E-state index contributed by atoms with van der Waals surface area (Å²) in [5, 5.41) is 0.789. The van der Waals surface area contributed by atoms with E-state index in [-0.39, 0.29) is 19.7 Å². The highest BCUT2D eigenvalue weighted by Crippen LogP contribution is 2.34. The van der Waals surface area contributed by atoms with Gasteiger partial charge in [-0.2, -0.15) is 13.2 Å². The highest BCUT2D eigenvalue weighted by atomic mass is 35.5. The Morgan fingerprint density at radius 2 is 1.96 bits per heavy atom. The molecule has 8 heteroatoms. The second-order valence-corrected chi connectivity index (χ2v) is 6.29. The Hall–Kier alpha value is -1.21. The van der Waals surface area contributed by atoms with Crippen molar-refractivity contribution < 1.29 is 22.3 Å². The van der Waals surface area contributed by atoms with Gasteiger partial charge in [0.25, 0.3) is 0 Å². The van der Waals surface area contributed by atoms with Crippen LogP contribution in [0.5, 0.6) is 0 Å². The van der Waals surface area contributed by atoms with Crippen LogP contribution in [0.4, 0.5) is 13.2 Å². The third kappa shape index (κ3) is 3.88. The Labute approximate surface area is 146 Å². The van der Waals surface area contributed by atoms with E-state index in [9.17, 15) is 13.2 Å². The molecule has 1 aromatic carbocycles. The highest BCUT2D eigenvalue weighted by molar-refractivity contribution is 6.43. The van der Waals surface area contributed by atoms with E-state index in [0.717, 1.165) is 0 Å². The number of nitrogens with zero attached hydrogens (tertiary/aromatic N) is 1. The molecule has 0 spiro atoms. The minimum Gasteiger partial charge on any atom is -0.460 e. The van der Waals surface area contributed by atoms with E-state index in [2.05, 4.69) is 0 Å². The minimum absolute atomic E-state index is 0.0395. The number of hydrogen-bond donors (Lipinski definition) is 0. The number of morpholine rings is 1. The Morgan fingerprint density at radius 1 is 1.17 bits per heavy atom. The fraction of sp³-hybridized carbons (Fsp3) is 0.375. The van der Waals surface area contributed by atoms with E-state index in [1.54, 1.807) is 35.2 Å². The van der Waals surface area contributed by atoms with Gasteiger partial charge in [0.1, 0.15) is 11.5 Å². The lowest BCUT2D eigenvalue weighted by molar-refractivity contribution is -0.238. The van der Waals surface area contributed by atoms with Gasteiger partial charge in [-0.05, 0) is 24.3 Å². The number of furan rings is 1. The Morgan fingerprint density at radius 3 is 2.71 bits per heavy atom. The smallest absolute Gasteiger partial charge is 0.415 e. The maximum absolute atomic E-state index is 12.8. The first-order valence-electron chi connectivity index (χ1n) is 7.28. The topological polar surface area (TPSA) is 25.6 Å². The number of ether oxygens (including phenoxy) is 1. The molecule has 0 unspecified atom stereocenters. The van der Waals surface area contributed by atoms with Gasteiger partial charge < -0.3 is 9.15 Å². The molecule has 0 N–H and O–H groups in total. The molecule has 0 saturated carbocycles. The standard InChI is InChI=1S/C16H14Cl2F3NO2/c17-12-3-1-2-11(15(12)18)13-5-4-10(24-13)8-22-6-7-23-14(9-22)16(19,20)21/h1-5,14H,6-9H2/t14-/m1/s1. The molecule has 1 saturated heterocycles. The third-order valence-electron chi connectivity index (χ3n) is 3.77. The van der Waals surface area contributed by atoms with Gasteiger partial charge in [-0.15, -0.1) is 0 Å². The summed E-state index contributed by atoms with van der Waals surface area (Å²) < 4.78 is 48.8. The van der Waals surface area contributed by atoms with Gasteiger partial charge in [-0.3, -0.25) is 4.90 Å². The SMILES string of the molecule is FC(F)(F)[C@H]1CN(Cc2ccc(-c3cccc(Cl)c3Cl)o2)CCO1. The lowest BCUT2D eigenvalue weighted by Crippen LogP contribution is -2.48. The van der Waals surface area contributed by atoms with Gasteiger partial charge >= 0.3 is 6.18 Å². The molecule has 1 fully saturated rings. The van der Waals surface area contributed by atoms with E-state index in [1.807, 2.05) is 0 Å². The maximum atomic E-state index is 12.8. The summed E-state index contributed by atoms with van der Waals surface area (Å²) in [6.45, 7) is 0.518. The fourth-order valence-corrected chi connectivity index (χ4v) is 2.96. The molecule has 3 rings (SSSR count). The quantitative estimate of drug-likeness (QED) is 0.748. The van der Waals surface area contributed by atoms with Crippen LogP contribution < -0.4 is 0 Å². The molecule has 24 heavy (non-hydrogen) atoms. The maximum Gasteiger partial charge on any atom is 0.415 e. The highest BCUT2D eigenvalue weighted by Gasteiger charge is 2.43. The summed E-state index contributed by atoms with van der Waals surface area (Å²) in [5.74, 6) is 1.09. The van der Waals surface area contributed by atoms with E-state index in [4.69, 9.17) is 32.4 Å². The molecule has 2 aromatic rings. The van der Waals surface area contributed by atoms with Crippen LogP contribution in [-0.2, 0) is 11.3 Å². The molecule has 1 aromatic heterocycles. The number of alkyl halides is 3. The molecule has 2 heterocycles.